The number of hydrogen-bond acceptors (Lipinski definition) is 9. The molecule has 6 rings (SSSR count). The lowest BCUT2D eigenvalue weighted by Crippen LogP contribution is -2.46. The van der Waals surface area contributed by atoms with Crippen LogP contribution in [0.3, 0.4) is 0 Å². The minimum atomic E-state index is -0.542. The fourth-order valence-corrected chi connectivity index (χ4v) is 6.10. The Balaban J connectivity index is 1.26. The molecule has 1 unspecified atom stereocenters. The van der Waals surface area contributed by atoms with E-state index in [1.807, 2.05) is 6.92 Å². The van der Waals surface area contributed by atoms with Crippen molar-refractivity contribution in [3.8, 4) is 12.1 Å². The summed E-state index contributed by atoms with van der Waals surface area (Å²) in [5.74, 6) is 0.636. The third kappa shape index (κ3) is 5.85. The van der Waals surface area contributed by atoms with Gasteiger partial charge in [-0.15, -0.1) is 0 Å². The average molecular weight is 569 g/mol. The maximum absolute atomic E-state index is 12.7. The van der Waals surface area contributed by atoms with Crippen molar-refractivity contribution >= 4 is 28.2 Å². The number of carbonyl (C=O) groups excluding carboxylic acids is 1. The number of anilines is 2. The van der Waals surface area contributed by atoms with Crippen molar-refractivity contribution < 1.29 is 9.53 Å². The summed E-state index contributed by atoms with van der Waals surface area (Å²) in [5.41, 5.74) is 3.92. The summed E-state index contributed by atoms with van der Waals surface area (Å²) in [6, 6.07) is 15.5. The van der Waals surface area contributed by atoms with Gasteiger partial charge in [-0.3, -0.25) is 4.79 Å². The first kappa shape index (κ1) is 28.2. The van der Waals surface area contributed by atoms with Crippen LogP contribution in [0.15, 0.2) is 36.4 Å². The van der Waals surface area contributed by atoms with Crippen molar-refractivity contribution in [2.45, 2.75) is 63.7 Å². The van der Waals surface area contributed by atoms with Gasteiger partial charge >= 0.3 is 6.01 Å². The van der Waals surface area contributed by atoms with Gasteiger partial charge in [0.25, 0.3) is 0 Å². The van der Waals surface area contributed by atoms with Crippen molar-refractivity contribution in [2.75, 3.05) is 50.1 Å². The van der Waals surface area contributed by atoms with Crippen LogP contribution in [0.5, 0.6) is 6.01 Å². The lowest BCUT2D eigenvalue weighted by atomic mass is 10.00. The van der Waals surface area contributed by atoms with Crippen LogP contribution in [0.1, 0.15) is 43.0 Å². The molecule has 0 bridgehead atoms. The Morgan fingerprint density at radius 1 is 1.26 bits per heavy atom. The van der Waals surface area contributed by atoms with Crippen LogP contribution in [0.4, 0.5) is 11.5 Å². The molecule has 3 atom stereocenters. The first-order chi connectivity index (χ1) is 20.3. The van der Waals surface area contributed by atoms with Gasteiger partial charge in [-0.1, -0.05) is 30.3 Å². The van der Waals surface area contributed by atoms with E-state index >= 15 is 0 Å². The molecule has 2 aromatic carbocycles. The lowest BCUT2D eigenvalue weighted by molar-refractivity contribution is -0.123. The Morgan fingerprint density at radius 3 is 2.81 bits per heavy atom. The van der Waals surface area contributed by atoms with E-state index < -0.39 is 5.54 Å². The maximum Gasteiger partial charge on any atom is 0.318 e. The average Bonchev–Trinajstić information content (AvgIpc) is 3.62. The fourth-order valence-electron chi connectivity index (χ4n) is 6.10. The number of aromatic nitrogens is 2. The summed E-state index contributed by atoms with van der Waals surface area (Å²) in [4.78, 5) is 27.1. The number of fused-ring (bicyclic) bond motifs is 2. The van der Waals surface area contributed by atoms with Gasteiger partial charge in [0.2, 0.25) is 5.91 Å². The summed E-state index contributed by atoms with van der Waals surface area (Å²) < 4.78 is 6.22. The lowest BCUT2D eigenvalue weighted by Gasteiger charge is -2.32. The third-order valence-electron chi connectivity index (χ3n) is 8.95. The maximum atomic E-state index is 12.7. The molecule has 220 valence electrons. The number of carbonyl (C=O) groups is 1. The summed E-state index contributed by atoms with van der Waals surface area (Å²) in [6.07, 6.45) is 3.24. The smallest absolute Gasteiger partial charge is 0.318 e. The Labute approximate surface area is 247 Å². The number of nitrogens with zero attached hydrogens (tertiary/aromatic N) is 5. The zero-order valence-corrected chi connectivity index (χ0v) is 24.7. The topological polar surface area (TPSA) is 128 Å². The second kappa shape index (κ2) is 11.7. The number of nitriles is 1. The molecule has 3 aliphatic heterocycles. The summed E-state index contributed by atoms with van der Waals surface area (Å²) in [6.45, 7) is 8.15. The van der Waals surface area contributed by atoms with Gasteiger partial charge < -0.3 is 30.5 Å². The van der Waals surface area contributed by atoms with Gasteiger partial charge in [0.1, 0.15) is 18.0 Å². The van der Waals surface area contributed by atoms with Gasteiger partial charge in [-0.2, -0.15) is 15.2 Å². The van der Waals surface area contributed by atoms with Gasteiger partial charge in [0.15, 0.2) is 0 Å². The highest BCUT2D eigenvalue weighted by molar-refractivity contribution is 5.97. The third-order valence-corrected chi connectivity index (χ3v) is 8.95. The normalized spacial score (nSPS) is 22.3. The van der Waals surface area contributed by atoms with Crippen LogP contribution in [-0.2, 0) is 17.8 Å². The number of nitrogens with one attached hydrogen (secondary N) is 3. The summed E-state index contributed by atoms with van der Waals surface area (Å²) in [7, 11) is 2.13. The Morgan fingerprint density at radius 2 is 2.07 bits per heavy atom. The second-order valence-electron chi connectivity index (χ2n) is 12.1. The number of amides is 1. The van der Waals surface area contributed by atoms with E-state index in [9.17, 15) is 10.1 Å². The van der Waals surface area contributed by atoms with Gasteiger partial charge in [-0.05, 0) is 63.7 Å². The van der Waals surface area contributed by atoms with Crippen LogP contribution < -0.4 is 25.6 Å². The molecule has 0 radical (unpaired) electrons. The van der Waals surface area contributed by atoms with E-state index in [0.29, 0.717) is 38.3 Å². The van der Waals surface area contributed by atoms with Crippen molar-refractivity contribution in [3.05, 3.63) is 53.2 Å². The Hall–Kier alpha value is -3.94. The van der Waals surface area contributed by atoms with Gasteiger partial charge in [0, 0.05) is 42.3 Å². The molecule has 4 heterocycles. The molecule has 42 heavy (non-hydrogen) atoms. The van der Waals surface area contributed by atoms with Crippen molar-refractivity contribution in [3.63, 3.8) is 0 Å². The number of likely N-dealkylation sites (tertiary alicyclic amines) is 1. The zero-order valence-electron chi connectivity index (χ0n) is 24.7. The monoisotopic (exact) mass is 568 g/mol. The molecular formula is C32H40N8O2. The fraction of sp³-hybridized carbons (Fsp3) is 0.500. The molecule has 3 N–H and O–H groups in total. The molecule has 3 aliphatic rings. The molecular weight excluding hydrogens is 528 g/mol. The zero-order chi connectivity index (χ0) is 29.3. The predicted molar refractivity (Wildman–Crippen MR) is 164 cm³/mol. The number of rotatable bonds is 10. The van der Waals surface area contributed by atoms with Crippen LogP contribution in [0.2, 0.25) is 0 Å². The van der Waals surface area contributed by atoms with Crippen molar-refractivity contribution in [2.24, 2.45) is 0 Å². The molecule has 3 aromatic rings. The van der Waals surface area contributed by atoms with E-state index in [2.05, 4.69) is 82.2 Å². The predicted octanol–water partition coefficient (Wildman–Crippen LogP) is 3.15. The Kier molecular flexibility index (Phi) is 7.88. The molecule has 1 aromatic heterocycles. The molecule has 1 amide bonds. The van der Waals surface area contributed by atoms with E-state index in [1.54, 1.807) is 0 Å². The molecule has 0 saturated carbocycles. The van der Waals surface area contributed by atoms with Crippen molar-refractivity contribution in [1.29, 1.82) is 5.26 Å². The molecule has 10 nitrogen and oxygen atoms in total. The number of aryl methyl sites for hydroxylation is 1. The van der Waals surface area contributed by atoms with E-state index in [0.717, 1.165) is 43.0 Å². The van der Waals surface area contributed by atoms with Crippen LogP contribution in [0, 0.1) is 18.3 Å². The summed E-state index contributed by atoms with van der Waals surface area (Å²) >= 11 is 0. The number of ether oxygens (including phenoxy) is 1. The highest BCUT2D eigenvalue weighted by atomic mass is 16.5. The second-order valence-corrected chi connectivity index (χ2v) is 12.1. The van der Waals surface area contributed by atoms with Gasteiger partial charge in [-0.25, -0.2) is 0 Å². The van der Waals surface area contributed by atoms with E-state index in [4.69, 9.17) is 14.7 Å². The quantitative estimate of drug-likeness (QED) is 0.316. The first-order valence-corrected chi connectivity index (χ1v) is 15.0. The minimum Gasteiger partial charge on any atom is -0.462 e. The van der Waals surface area contributed by atoms with Crippen LogP contribution in [0.25, 0.3) is 10.8 Å². The number of likely N-dealkylation sites (N-methyl/N-ethyl adjacent to an activating group) is 1. The molecule has 0 aliphatic carbocycles. The molecule has 0 spiro atoms. The largest absolute Gasteiger partial charge is 0.462 e. The van der Waals surface area contributed by atoms with E-state index in [-0.39, 0.29) is 18.4 Å². The molecule has 10 heteroatoms. The highest BCUT2D eigenvalue weighted by Gasteiger charge is 2.45. The number of benzene rings is 2. The van der Waals surface area contributed by atoms with Crippen LogP contribution >= 0.6 is 0 Å². The highest BCUT2D eigenvalue weighted by Crippen LogP contribution is 2.34. The number of hydrogen-bond donors (Lipinski definition) is 3. The van der Waals surface area contributed by atoms with Gasteiger partial charge in [0.05, 0.1) is 30.8 Å². The SMILES string of the molecule is Cc1cccc2cccc(N3CCc4c(nc(OC[C@@H]5CCCN5C)nc4NC[C@H](CC#N)NC(=O)C4(C)CN4)C3)c12. The first-order valence-electron chi connectivity index (χ1n) is 15.0. The van der Waals surface area contributed by atoms with Crippen molar-refractivity contribution in [1.82, 2.24) is 25.5 Å². The molecule has 2 saturated heterocycles. The summed E-state index contributed by atoms with van der Waals surface area (Å²) in [5, 5.41) is 21.5. The van der Waals surface area contributed by atoms with E-state index in [1.165, 1.54) is 28.4 Å². The minimum absolute atomic E-state index is 0.0833. The standard InChI is InChI=1S/C32H40N8O2/c1-21-7-4-8-22-9-5-11-27(28(21)22)40-16-13-25-26(18-40)37-31(42-19-24-10-6-15-39(24)3)38-29(25)34-17-23(12-14-33)36-30(41)32(2)20-35-32/h4-5,7-9,11,23-24,35H,6,10,12-13,15-20H2,1-3H3,(H,36,41)(H,34,37,38)/t23-,24-,32?/m0/s1. The Bertz CT molecular complexity index is 1510. The molecule has 2 fully saturated rings. The van der Waals surface area contributed by atoms with Crippen LogP contribution in [-0.4, -0.2) is 78.2 Å².